The molecule has 0 aliphatic carbocycles. The first-order valence-corrected chi connectivity index (χ1v) is 12.3. The van der Waals surface area contributed by atoms with Crippen molar-refractivity contribution in [2.24, 2.45) is 5.92 Å². The summed E-state index contributed by atoms with van der Waals surface area (Å²) >= 11 is 0. The molecule has 0 radical (unpaired) electrons. The molecule has 0 aromatic heterocycles. The van der Waals surface area contributed by atoms with Crippen LogP contribution in [0, 0.1) is 11.7 Å². The maximum atomic E-state index is 13.4. The maximum Gasteiger partial charge on any atom is 0.304 e. The quantitative estimate of drug-likeness (QED) is 0.619. The minimum absolute atomic E-state index is 0.130. The number of piperidine rings is 1. The number of nitrogens with one attached hydrogen (secondary N) is 1. The molecule has 1 aliphatic heterocycles. The van der Waals surface area contributed by atoms with E-state index in [2.05, 4.69) is 5.32 Å². The molecule has 1 fully saturated rings. The summed E-state index contributed by atoms with van der Waals surface area (Å²) in [5.74, 6) is -0.280. The van der Waals surface area contributed by atoms with E-state index in [4.69, 9.17) is 4.74 Å². The van der Waals surface area contributed by atoms with E-state index in [1.165, 1.54) is 20.7 Å². The Kier molecular flexibility index (Phi) is 8.09. The number of rotatable bonds is 9. The molecule has 7 nitrogen and oxygen atoms in total. The first-order valence-electron chi connectivity index (χ1n) is 10.9. The molecule has 2 aromatic rings. The van der Waals surface area contributed by atoms with E-state index >= 15 is 0 Å². The topological polar surface area (TPSA) is 79.0 Å². The molecule has 32 heavy (non-hydrogen) atoms. The molecule has 0 bridgehead atoms. The minimum Gasteiger partial charge on any atom is -0.494 e. The number of carbonyl (C=O) groups is 1. The van der Waals surface area contributed by atoms with Crippen molar-refractivity contribution < 1.29 is 22.3 Å². The molecule has 1 N–H and O–H groups in total. The highest BCUT2D eigenvalue weighted by atomic mass is 32.2. The second-order valence-electron chi connectivity index (χ2n) is 7.64. The highest BCUT2D eigenvalue weighted by Gasteiger charge is 2.35. The predicted octanol–water partition coefficient (Wildman–Crippen LogP) is 3.32. The highest BCUT2D eigenvalue weighted by Crippen LogP contribution is 2.27. The fraction of sp³-hybridized carbons (Fsp3) is 0.435. The summed E-state index contributed by atoms with van der Waals surface area (Å²) < 4.78 is 47.9. The summed E-state index contributed by atoms with van der Waals surface area (Å²) in [6.07, 6.45) is 1.23. The summed E-state index contributed by atoms with van der Waals surface area (Å²) in [5, 5.41) is 2.84. The lowest BCUT2D eigenvalue weighted by atomic mass is 9.99. The Bertz CT molecular complexity index is 997. The third-order valence-corrected chi connectivity index (χ3v) is 7.47. The van der Waals surface area contributed by atoms with Crippen molar-refractivity contribution in [3.8, 4) is 5.75 Å². The van der Waals surface area contributed by atoms with Gasteiger partial charge in [0.25, 0.3) is 0 Å². The number of ether oxygens (including phenoxy) is 1. The van der Waals surface area contributed by atoms with Crippen LogP contribution < -0.4 is 14.4 Å². The number of carbonyl (C=O) groups excluding carboxylic acids is 1. The highest BCUT2D eigenvalue weighted by molar-refractivity contribution is 7.90. The number of nitrogens with zero attached hydrogens (tertiary/aromatic N) is 2. The molecular weight excluding hydrogens is 433 g/mol. The van der Waals surface area contributed by atoms with Crippen molar-refractivity contribution in [1.82, 2.24) is 9.62 Å². The second-order valence-corrected chi connectivity index (χ2v) is 9.49. The van der Waals surface area contributed by atoms with Crippen molar-refractivity contribution in [3.05, 3.63) is 59.9 Å². The zero-order chi connectivity index (χ0) is 23.1. The Balaban J connectivity index is 1.66. The Labute approximate surface area is 189 Å². The smallest absolute Gasteiger partial charge is 0.304 e. The molecule has 3 rings (SSSR count). The van der Waals surface area contributed by atoms with Gasteiger partial charge in [0, 0.05) is 26.2 Å². The Morgan fingerprint density at radius 3 is 2.47 bits per heavy atom. The maximum absolute atomic E-state index is 13.4. The van der Waals surface area contributed by atoms with Gasteiger partial charge in [-0.25, -0.2) is 4.39 Å². The van der Waals surface area contributed by atoms with Crippen LogP contribution in [0.15, 0.2) is 48.5 Å². The van der Waals surface area contributed by atoms with Crippen molar-refractivity contribution in [2.75, 3.05) is 30.5 Å². The van der Waals surface area contributed by atoms with E-state index < -0.39 is 16.1 Å². The Morgan fingerprint density at radius 2 is 1.84 bits per heavy atom. The number of halogens is 1. The van der Waals surface area contributed by atoms with Gasteiger partial charge in [-0.1, -0.05) is 12.1 Å². The van der Waals surface area contributed by atoms with E-state index in [0.717, 1.165) is 5.56 Å². The molecule has 0 spiro atoms. The summed E-state index contributed by atoms with van der Waals surface area (Å²) in [4.78, 5) is 12.7. The third-order valence-electron chi connectivity index (χ3n) is 5.46. The molecule has 1 saturated heterocycles. The van der Waals surface area contributed by atoms with Gasteiger partial charge in [-0.05, 0) is 68.7 Å². The van der Waals surface area contributed by atoms with E-state index in [9.17, 15) is 17.6 Å². The third kappa shape index (κ3) is 5.77. The zero-order valence-corrected chi connectivity index (χ0v) is 19.3. The number of hydrogen-bond donors (Lipinski definition) is 1. The lowest BCUT2D eigenvalue weighted by molar-refractivity contribution is -0.126. The number of amides is 1. The first kappa shape index (κ1) is 24.0. The molecule has 9 heteroatoms. The van der Waals surface area contributed by atoms with Crippen LogP contribution in [0.1, 0.15) is 32.3 Å². The average Bonchev–Trinajstić information content (AvgIpc) is 2.80. The lowest BCUT2D eigenvalue weighted by Gasteiger charge is -2.35. The molecule has 0 saturated carbocycles. The van der Waals surface area contributed by atoms with Crippen molar-refractivity contribution in [3.63, 3.8) is 0 Å². The first-order chi connectivity index (χ1) is 15.3. The van der Waals surface area contributed by atoms with Crippen LogP contribution in [0.25, 0.3) is 0 Å². The van der Waals surface area contributed by atoms with Gasteiger partial charge in [0.05, 0.1) is 18.2 Å². The van der Waals surface area contributed by atoms with Crippen LogP contribution in [0.2, 0.25) is 0 Å². The Morgan fingerprint density at radius 1 is 1.16 bits per heavy atom. The summed E-state index contributed by atoms with van der Waals surface area (Å²) in [5.41, 5.74) is 1.34. The molecular formula is C23H30FN3O4S. The second kappa shape index (κ2) is 10.8. The van der Waals surface area contributed by atoms with E-state index in [0.29, 0.717) is 37.4 Å². The number of benzene rings is 2. The number of anilines is 1. The van der Waals surface area contributed by atoms with Gasteiger partial charge < -0.3 is 10.1 Å². The van der Waals surface area contributed by atoms with Gasteiger partial charge in [0.15, 0.2) is 0 Å². The van der Waals surface area contributed by atoms with Gasteiger partial charge >= 0.3 is 10.2 Å². The van der Waals surface area contributed by atoms with Crippen molar-refractivity contribution in [1.29, 1.82) is 0 Å². The zero-order valence-electron chi connectivity index (χ0n) is 18.5. The molecule has 174 valence electrons. The molecule has 1 atom stereocenters. The van der Waals surface area contributed by atoms with E-state index in [1.807, 2.05) is 6.92 Å². The molecule has 1 unspecified atom stereocenters. The molecule has 2 aromatic carbocycles. The van der Waals surface area contributed by atoms with Gasteiger partial charge in [-0.3, -0.25) is 9.10 Å². The standard InChI is InChI=1S/C23H30FN3O4S/c1-3-27(21-11-13-22(14-12-21)31-4-2)32(29,30)26-15-5-6-19(17-26)23(28)25-16-18-7-9-20(24)10-8-18/h7-14,19H,3-6,15-17H2,1-2H3,(H,25,28). The van der Waals surface area contributed by atoms with Crippen LogP contribution in [-0.4, -0.2) is 44.9 Å². The predicted molar refractivity (Wildman–Crippen MR) is 122 cm³/mol. The van der Waals surface area contributed by atoms with Gasteiger partial charge in [0.2, 0.25) is 5.91 Å². The normalized spacial score (nSPS) is 17.0. The van der Waals surface area contributed by atoms with Crippen molar-refractivity contribution in [2.45, 2.75) is 33.2 Å². The largest absolute Gasteiger partial charge is 0.494 e. The lowest BCUT2D eigenvalue weighted by Crippen LogP contribution is -2.50. The van der Waals surface area contributed by atoms with Crippen molar-refractivity contribution >= 4 is 21.8 Å². The SMILES string of the molecule is CCOc1ccc(N(CC)S(=O)(=O)N2CCCC(C(=O)NCc3ccc(F)cc3)C2)cc1. The average molecular weight is 464 g/mol. The molecule has 1 amide bonds. The summed E-state index contributed by atoms with van der Waals surface area (Å²) in [6, 6.07) is 12.9. The monoisotopic (exact) mass is 463 g/mol. The fourth-order valence-electron chi connectivity index (χ4n) is 3.80. The van der Waals surface area contributed by atoms with Crippen LogP contribution in [0.5, 0.6) is 5.75 Å². The van der Waals surface area contributed by atoms with Crippen LogP contribution in [-0.2, 0) is 21.5 Å². The summed E-state index contributed by atoms with van der Waals surface area (Å²) in [6.45, 7) is 5.25. The summed E-state index contributed by atoms with van der Waals surface area (Å²) in [7, 11) is -3.79. The van der Waals surface area contributed by atoms with Gasteiger partial charge in [0.1, 0.15) is 11.6 Å². The van der Waals surface area contributed by atoms with Crippen LogP contribution in [0.3, 0.4) is 0 Å². The Hall–Kier alpha value is -2.65. The van der Waals surface area contributed by atoms with E-state index in [-0.39, 0.29) is 31.4 Å². The number of hydrogen-bond acceptors (Lipinski definition) is 4. The van der Waals surface area contributed by atoms with E-state index in [1.54, 1.807) is 43.3 Å². The van der Waals surface area contributed by atoms with Crippen LogP contribution in [0.4, 0.5) is 10.1 Å². The van der Waals surface area contributed by atoms with Gasteiger partial charge in [-0.2, -0.15) is 12.7 Å². The van der Waals surface area contributed by atoms with Crippen LogP contribution >= 0.6 is 0 Å². The molecule has 1 aliphatic rings. The minimum atomic E-state index is -3.79. The fourth-order valence-corrected chi connectivity index (χ4v) is 5.52. The molecule has 1 heterocycles. The van der Waals surface area contributed by atoms with Gasteiger partial charge in [-0.15, -0.1) is 0 Å².